The van der Waals surface area contributed by atoms with E-state index in [0.29, 0.717) is 13.0 Å². The number of rotatable bonds is 2. The maximum atomic E-state index is 12.0. The molecular formula is C12H22N2O3. The van der Waals surface area contributed by atoms with Crippen LogP contribution in [0.5, 0.6) is 0 Å². The first-order valence-corrected chi connectivity index (χ1v) is 6.03. The summed E-state index contributed by atoms with van der Waals surface area (Å²) < 4.78 is 0. The number of hydrogen-bond acceptors (Lipinski definition) is 2. The third kappa shape index (κ3) is 3.35. The van der Waals surface area contributed by atoms with Crippen molar-refractivity contribution in [2.24, 2.45) is 5.41 Å². The summed E-state index contributed by atoms with van der Waals surface area (Å²) in [5.74, 6) is -0.916. The summed E-state index contributed by atoms with van der Waals surface area (Å²) in [5, 5.41) is 11.9. The average molecular weight is 242 g/mol. The molecule has 0 aromatic heterocycles. The second-order valence-electron chi connectivity index (χ2n) is 5.73. The van der Waals surface area contributed by atoms with E-state index in [0.717, 1.165) is 6.42 Å². The minimum Gasteiger partial charge on any atom is -0.480 e. The minimum absolute atomic E-state index is 0.00467. The Kier molecular flexibility index (Phi) is 4.01. The Labute approximate surface area is 102 Å². The summed E-state index contributed by atoms with van der Waals surface area (Å²) in [4.78, 5) is 24.4. The van der Waals surface area contributed by atoms with Crippen LogP contribution in [0.1, 0.15) is 40.5 Å². The molecule has 1 aliphatic heterocycles. The molecule has 0 saturated carbocycles. The number of carbonyl (C=O) groups excluding carboxylic acids is 1. The van der Waals surface area contributed by atoms with Gasteiger partial charge in [-0.2, -0.15) is 0 Å². The second-order valence-corrected chi connectivity index (χ2v) is 5.73. The third-order valence-electron chi connectivity index (χ3n) is 3.44. The highest BCUT2D eigenvalue weighted by molar-refractivity contribution is 5.83. The molecule has 1 saturated heterocycles. The van der Waals surface area contributed by atoms with Crippen molar-refractivity contribution in [3.8, 4) is 0 Å². The van der Waals surface area contributed by atoms with Crippen molar-refractivity contribution in [3.63, 3.8) is 0 Å². The standard InChI is InChI=1S/C12H22N2O3/c1-8(12(2,3)4)13-11(17)14-7-5-6-9(14)10(15)16/h8-9H,5-7H2,1-4H3,(H,13,17)(H,15,16)/t8?,9-/m0/s1. The summed E-state index contributed by atoms with van der Waals surface area (Å²) in [5.41, 5.74) is -0.0336. The van der Waals surface area contributed by atoms with Gasteiger partial charge < -0.3 is 15.3 Å². The molecule has 1 heterocycles. The van der Waals surface area contributed by atoms with Gasteiger partial charge in [0.1, 0.15) is 6.04 Å². The first kappa shape index (κ1) is 13.8. The van der Waals surface area contributed by atoms with E-state index in [-0.39, 0.29) is 17.5 Å². The van der Waals surface area contributed by atoms with E-state index in [9.17, 15) is 9.59 Å². The molecule has 2 atom stereocenters. The lowest BCUT2D eigenvalue weighted by Crippen LogP contribution is -2.51. The van der Waals surface area contributed by atoms with Crippen LogP contribution < -0.4 is 5.32 Å². The van der Waals surface area contributed by atoms with Crippen LogP contribution in [0.15, 0.2) is 0 Å². The van der Waals surface area contributed by atoms with Gasteiger partial charge in [-0.3, -0.25) is 0 Å². The Balaban J connectivity index is 2.61. The van der Waals surface area contributed by atoms with E-state index in [4.69, 9.17) is 5.11 Å². The molecule has 1 fully saturated rings. The molecule has 2 amide bonds. The molecule has 5 heteroatoms. The van der Waals surface area contributed by atoms with Gasteiger partial charge in [0.25, 0.3) is 0 Å². The number of amides is 2. The van der Waals surface area contributed by atoms with Crippen molar-refractivity contribution < 1.29 is 14.7 Å². The predicted molar refractivity (Wildman–Crippen MR) is 64.8 cm³/mol. The van der Waals surface area contributed by atoms with E-state index in [1.807, 2.05) is 27.7 Å². The second kappa shape index (κ2) is 4.94. The van der Waals surface area contributed by atoms with Crippen molar-refractivity contribution >= 4 is 12.0 Å². The van der Waals surface area contributed by atoms with E-state index in [1.54, 1.807) is 0 Å². The number of urea groups is 1. The van der Waals surface area contributed by atoms with E-state index in [2.05, 4.69) is 5.32 Å². The normalized spacial score (nSPS) is 22.4. The summed E-state index contributed by atoms with van der Waals surface area (Å²) in [6.07, 6.45) is 1.31. The van der Waals surface area contributed by atoms with Crippen LogP contribution in [0.3, 0.4) is 0 Å². The van der Waals surface area contributed by atoms with Gasteiger partial charge in [-0.05, 0) is 25.2 Å². The molecule has 1 rings (SSSR count). The molecule has 1 unspecified atom stereocenters. The Hall–Kier alpha value is -1.26. The molecule has 0 radical (unpaired) electrons. The van der Waals surface area contributed by atoms with Gasteiger partial charge in [0.2, 0.25) is 0 Å². The van der Waals surface area contributed by atoms with Crippen LogP contribution in [-0.4, -0.2) is 40.6 Å². The molecule has 1 aliphatic rings. The highest BCUT2D eigenvalue weighted by Gasteiger charge is 2.35. The Morgan fingerprint density at radius 3 is 2.47 bits per heavy atom. The zero-order chi connectivity index (χ0) is 13.2. The van der Waals surface area contributed by atoms with Gasteiger partial charge in [-0.1, -0.05) is 20.8 Å². The number of likely N-dealkylation sites (tertiary alicyclic amines) is 1. The van der Waals surface area contributed by atoms with Crippen LogP contribution in [0.2, 0.25) is 0 Å². The van der Waals surface area contributed by atoms with Gasteiger partial charge in [-0.25, -0.2) is 9.59 Å². The fraction of sp³-hybridized carbons (Fsp3) is 0.833. The zero-order valence-electron chi connectivity index (χ0n) is 11.0. The molecule has 0 aromatic carbocycles. The molecule has 98 valence electrons. The monoisotopic (exact) mass is 242 g/mol. The van der Waals surface area contributed by atoms with Crippen LogP contribution >= 0.6 is 0 Å². The lowest BCUT2D eigenvalue weighted by Gasteiger charge is -2.31. The molecule has 0 aliphatic carbocycles. The highest BCUT2D eigenvalue weighted by atomic mass is 16.4. The Bertz CT molecular complexity index is 309. The summed E-state index contributed by atoms with van der Waals surface area (Å²) in [7, 11) is 0. The van der Waals surface area contributed by atoms with Crippen LogP contribution in [0, 0.1) is 5.41 Å². The van der Waals surface area contributed by atoms with E-state index in [1.165, 1.54) is 4.90 Å². The number of nitrogens with zero attached hydrogens (tertiary/aromatic N) is 1. The number of hydrogen-bond donors (Lipinski definition) is 2. The molecule has 2 N–H and O–H groups in total. The van der Waals surface area contributed by atoms with Crippen molar-refractivity contribution in [1.29, 1.82) is 0 Å². The highest BCUT2D eigenvalue weighted by Crippen LogP contribution is 2.21. The van der Waals surface area contributed by atoms with Gasteiger partial charge >= 0.3 is 12.0 Å². The maximum Gasteiger partial charge on any atom is 0.326 e. The summed E-state index contributed by atoms with van der Waals surface area (Å²) in [6.45, 7) is 8.58. The molecule has 0 spiro atoms. The summed E-state index contributed by atoms with van der Waals surface area (Å²) in [6, 6.07) is -0.926. The third-order valence-corrected chi connectivity index (χ3v) is 3.44. The van der Waals surface area contributed by atoms with Gasteiger partial charge in [0, 0.05) is 12.6 Å². The smallest absolute Gasteiger partial charge is 0.326 e. The molecule has 5 nitrogen and oxygen atoms in total. The fourth-order valence-electron chi connectivity index (χ4n) is 1.75. The van der Waals surface area contributed by atoms with Gasteiger partial charge in [-0.15, -0.1) is 0 Å². The van der Waals surface area contributed by atoms with E-state index < -0.39 is 12.0 Å². The predicted octanol–water partition coefficient (Wildman–Crippen LogP) is 1.68. The number of nitrogens with one attached hydrogen (secondary N) is 1. The minimum atomic E-state index is -0.916. The van der Waals surface area contributed by atoms with Crippen molar-refractivity contribution in [1.82, 2.24) is 10.2 Å². The zero-order valence-corrected chi connectivity index (χ0v) is 11.0. The van der Waals surface area contributed by atoms with Gasteiger partial charge in [0.05, 0.1) is 0 Å². The Morgan fingerprint density at radius 1 is 1.41 bits per heavy atom. The largest absolute Gasteiger partial charge is 0.480 e. The van der Waals surface area contributed by atoms with Crippen molar-refractivity contribution in [3.05, 3.63) is 0 Å². The number of carboxylic acid groups (broad SMARTS) is 1. The SMILES string of the molecule is CC(NC(=O)N1CCC[C@H]1C(=O)O)C(C)(C)C. The molecular weight excluding hydrogens is 220 g/mol. The van der Waals surface area contributed by atoms with Crippen LogP contribution in [0.4, 0.5) is 4.79 Å². The first-order valence-electron chi connectivity index (χ1n) is 6.03. The lowest BCUT2D eigenvalue weighted by atomic mass is 9.88. The van der Waals surface area contributed by atoms with Crippen LogP contribution in [0.25, 0.3) is 0 Å². The maximum absolute atomic E-state index is 12.0. The van der Waals surface area contributed by atoms with Crippen molar-refractivity contribution in [2.45, 2.75) is 52.6 Å². The summed E-state index contributed by atoms with van der Waals surface area (Å²) >= 11 is 0. The quantitative estimate of drug-likeness (QED) is 0.774. The number of carboxylic acids is 1. The van der Waals surface area contributed by atoms with Gasteiger partial charge in [0.15, 0.2) is 0 Å². The molecule has 0 bridgehead atoms. The topological polar surface area (TPSA) is 69.6 Å². The Morgan fingerprint density at radius 2 is 2.00 bits per heavy atom. The number of carbonyl (C=O) groups is 2. The van der Waals surface area contributed by atoms with Crippen LogP contribution in [-0.2, 0) is 4.79 Å². The molecule has 17 heavy (non-hydrogen) atoms. The van der Waals surface area contributed by atoms with Crippen molar-refractivity contribution in [2.75, 3.05) is 6.54 Å². The number of aliphatic carboxylic acids is 1. The van der Waals surface area contributed by atoms with E-state index >= 15 is 0 Å². The lowest BCUT2D eigenvalue weighted by molar-refractivity contribution is -0.141. The average Bonchev–Trinajstić information content (AvgIpc) is 2.63. The molecule has 0 aromatic rings. The first-order chi connectivity index (χ1) is 7.73. The fourth-order valence-corrected chi connectivity index (χ4v) is 1.75.